The van der Waals surface area contributed by atoms with E-state index in [2.05, 4.69) is 11.9 Å². The molecule has 1 amide bonds. The Morgan fingerprint density at radius 3 is 2.94 bits per heavy atom. The van der Waals surface area contributed by atoms with E-state index in [4.69, 9.17) is 4.74 Å². The van der Waals surface area contributed by atoms with Gasteiger partial charge in [0.05, 0.1) is 0 Å². The SMILES string of the molecule is CCOCC(=O)N(C)C[C@H]1CCCN(C)C1. The first kappa shape index (κ1) is 13.5. The van der Waals surface area contributed by atoms with Crippen LogP contribution in [0.25, 0.3) is 0 Å². The van der Waals surface area contributed by atoms with E-state index >= 15 is 0 Å². The van der Waals surface area contributed by atoms with Crippen LogP contribution in [0.5, 0.6) is 0 Å². The Labute approximate surface area is 98.5 Å². The lowest BCUT2D eigenvalue weighted by molar-refractivity contribution is -0.135. The van der Waals surface area contributed by atoms with Gasteiger partial charge in [-0.3, -0.25) is 4.79 Å². The third kappa shape index (κ3) is 4.49. The number of nitrogens with zero attached hydrogens (tertiary/aromatic N) is 2. The van der Waals surface area contributed by atoms with Crippen molar-refractivity contribution in [2.45, 2.75) is 19.8 Å². The largest absolute Gasteiger partial charge is 0.372 e. The van der Waals surface area contributed by atoms with Crippen molar-refractivity contribution in [2.75, 3.05) is 46.9 Å². The van der Waals surface area contributed by atoms with Crippen LogP contribution in [-0.2, 0) is 9.53 Å². The van der Waals surface area contributed by atoms with Gasteiger partial charge in [0.25, 0.3) is 0 Å². The number of likely N-dealkylation sites (N-methyl/N-ethyl adjacent to an activating group) is 1. The summed E-state index contributed by atoms with van der Waals surface area (Å²) in [5.74, 6) is 0.712. The van der Waals surface area contributed by atoms with Gasteiger partial charge in [-0.05, 0) is 39.3 Å². The summed E-state index contributed by atoms with van der Waals surface area (Å²) in [4.78, 5) is 15.8. The van der Waals surface area contributed by atoms with Crippen molar-refractivity contribution in [3.8, 4) is 0 Å². The predicted molar refractivity (Wildman–Crippen MR) is 64.4 cm³/mol. The summed E-state index contributed by atoms with van der Waals surface area (Å²) in [7, 11) is 4.02. The lowest BCUT2D eigenvalue weighted by Gasteiger charge is -2.32. The van der Waals surface area contributed by atoms with Crippen LogP contribution in [0.15, 0.2) is 0 Å². The molecule has 1 aliphatic rings. The van der Waals surface area contributed by atoms with Crippen LogP contribution in [0.3, 0.4) is 0 Å². The van der Waals surface area contributed by atoms with Crippen molar-refractivity contribution in [3.63, 3.8) is 0 Å². The molecule has 0 saturated carbocycles. The van der Waals surface area contributed by atoms with Crippen LogP contribution in [0.1, 0.15) is 19.8 Å². The van der Waals surface area contributed by atoms with Crippen LogP contribution in [-0.4, -0.2) is 62.7 Å². The van der Waals surface area contributed by atoms with E-state index in [1.807, 2.05) is 14.0 Å². The quantitative estimate of drug-likeness (QED) is 0.698. The Hall–Kier alpha value is -0.610. The van der Waals surface area contributed by atoms with Gasteiger partial charge in [0.2, 0.25) is 5.91 Å². The number of amides is 1. The average Bonchev–Trinajstić information content (AvgIpc) is 2.25. The highest BCUT2D eigenvalue weighted by Gasteiger charge is 2.20. The highest BCUT2D eigenvalue weighted by Crippen LogP contribution is 2.15. The molecule has 4 heteroatoms. The molecule has 1 heterocycles. The first-order valence-electron chi connectivity index (χ1n) is 6.13. The smallest absolute Gasteiger partial charge is 0.248 e. The Balaban J connectivity index is 2.26. The summed E-state index contributed by atoms with van der Waals surface area (Å²) < 4.78 is 5.13. The number of carbonyl (C=O) groups excluding carboxylic acids is 1. The molecular formula is C12H24N2O2. The monoisotopic (exact) mass is 228 g/mol. The fourth-order valence-electron chi connectivity index (χ4n) is 2.21. The molecule has 16 heavy (non-hydrogen) atoms. The maximum Gasteiger partial charge on any atom is 0.248 e. The second-order valence-electron chi connectivity index (χ2n) is 4.68. The van der Waals surface area contributed by atoms with Crippen LogP contribution in [0.2, 0.25) is 0 Å². The van der Waals surface area contributed by atoms with Gasteiger partial charge in [-0.1, -0.05) is 0 Å². The fraction of sp³-hybridized carbons (Fsp3) is 0.917. The predicted octanol–water partition coefficient (Wildman–Crippen LogP) is 0.823. The molecule has 1 saturated heterocycles. The second kappa shape index (κ2) is 6.86. The van der Waals surface area contributed by atoms with Crippen LogP contribution < -0.4 is 0 Å². The van der Waals surface area contributed by atoms with Crippen LogP contribution in [0, 0.1) is 5.92 Å². The van der Waals surface area contributed by atoms with E-state index < -0.39 is 0 Å². The topological polar surface area (TPSA) is 32.8 Å². The molecule has 0 aromatic heterocycles. The summed E-state index contributed by atoms with van der Waals surface area (Å²) in [5, 5.41) is 0. The summed E-state index contributed by atoms with van der Waals surface area (Å²) in [6.45, 7) is 5.88. The summed E-state index contributed by atoms with van der Waals surface area (Å²) in [6.07, 6.45) is 2.48. The summed E-state index contributed by atoms with van der Waals surface area (Å²) in [6, 6.07) is 0. The van der Waals surface area contributed by atoms with Crippen molar-refractivity contribution in [3.05, 3.63) is 0 Å². The van der Waals surface area contributed by atoms with Gasteiger partial charge in [-0.25, -0.2) is 0 Å². The summed E-state index contributed by atoms with van der Waals surface area (Å²) >= 11 is 0. The van der Waals surface area contributed by atoms with E-state index in [1.54, 1.807) is 4.90 Å². The molecule has 0 aromatic carbocycles. The highest BCUT2D eigenvalue weighted by molar-refractivity contribution is 5.77. The zero-order valence-corrected chi connectivity index (χ0v) is 10.7. The molecule has 0 unspecified atom stereocenters. The van der Waals surface area contributed by atoms with E-state index in [9.17, 15) is 4.79 Å². The molecule has 0 aliphatic carbocycles. The zero-order valence-electron chi connectivity index (χ0n) is 10.7. The molecular weight excluding hydrogens is 204 g/mol. The minimum absolute atomic E-state index is 0.0927. The molecule has 1 atom stereocenters. The molecule has 0 aromatic rings. The molecule has 0 N–H and O–H groups in total. The Bertz CT molecular complexity index is 221. The maximum absolute atomic E-state index is 11.6. The minimum Gasteiger partial charge on any atom is -0.372 e. The lowest BCUT2D eigenvalue weighted by Crippen LogP contribution is -2.41. The summed E-state index contributed by atoms with van der Waals surface area (Å²) in [5.41, 5.74) is 0. The van der Waals surface area contributed by atoms with Gasteiger partial charge in [0.1, 0.15) is 6.61 Å². The van der Waals surface area contributed by atoms with Crippen molar-refractivity contribution < 1.29 is 9.53 Å². The lowest BCUT2D eigenvalue weighted by atomic mass is 9.98. The average molecular weight is 228 g/mol. The van der Waals surface area contributed by atoms with Gasteiger partial charge in [0, 0.05) is 26.7 Å². The molecule has 94 valence electrons. The molecule has 4 nitrogen and oxygen atoms in total. The second-order valence-corrected chi connectivity index (χ2v) is 4.68. The standard InChI is InChI=1S/C12H24N2O2/c1-4-16-10-12(15)14(3)9-11-6-5-7-13(2)8-11/h11H,4-10H2,1-3H3/t11-/m0/s1. The maximum atomic E-state index is 11.6. The van der Waals surface area contributed by atoms with Crippen LogP contribution >= 0.6 is 0 Å². The van der Waals surface area contributed by atoms with Crippen molar-refractivity contribution in [2.24, 2.45) is 5.92 Å². The van der Waals surface area contributed by atoms with Crippen molar-refractivity contribution in [1.29, 1.82) is 0 Å². The minimum atomic E-state index is 0.0927. The number of likely N-dealkylation sites (tertiary alicyclic amines) is 1. The Morgan fingerprint density at radius 2 is 2.31 bits per heavy atom. The number of ether oxygens (including phenoxy) is 1. The van der Waals surface area contributed by atoms with Crippen LogP contribution in [0.4, 0.5) is 0 Å². The fourth-order valence-corrected chi connectivity index (χ4v) is 2.21. The van der Waals surface area contributed by atoms with Crippen molar-refractivity contribution >= 4 is 5.91 Å². The van der Waals surface area contributed by atoms with E-state index in [0.29, 0.717) is 12.5 Å². The van der Waals surface area contributed by atoms with E-state index in [0.717, 1.165) is 13.1 Å². The van der Waals surface area contributed by atoms with Gasteiger partial charge < -0.3 is 14.5 Å². The van der Waals surface area contributed by atoms with Gasteiger partial charge in [-0.2, -0.15) is 0 Å². The number of hydrogen-bond acceptors (Lipinski definition) is 3. The Morgan fingerprint density at radius 1 is 1.56 bits per heavy atom. The molecule has 1 rings (SSSR count). The number of piperidine rings is 1. The molecule has 0 spiro atoms. The highest BCUT2D eigenvalue weighted by atomic mass is 16.5. The van der Waals surface area contributed by atoms with E-state index in [-0.39, 0.29) is 12.5 Å². The number of rotatable bonds is 5. The third-order valence-corrected chi connectivity index (χ3v) is 3.11. The van der Waals surface area contributed by atoms with Crippen molar-refractivity contribution in [1.82, 2.24) is 9.80 Å². The Kier molecular flexibility index (Phi) is 5.77. The first-order chi connectivity index (χ1) is 7.63. The first-order valence-corrected chi connectivity index (χ1v) is 6.13. The molecule has 0 radical (unpaired) electrons. The van der Waals surface area contributed by atoms with Gasteiger partial charge in [-0.15, -0.1) is 0 Å². The van der Waals surface area contributed by atoms with E-state index in [1.165, 1.54) is 19.4 Å². The molecule has 0 bridgehead atoms. The number of carbonyl (C=O) groups is 1. The zero-order chi connectivity index (χ0) is 12.0. The van der Waals surface area contributed by atoms with Gasteiger partial charge in [0.15, 0.2) is 0 Å². The number of hydrogen-bond donors (Lipinski definition) is 0. The third-order valence-electron chi connectivity index (χ3n) is 3.11. The normalized spacial score (nSPS) is 22.1. The van der Waals surface area contributed by atoms with Gasteiger partial charge >= 0.3 is 0 Å². The molecule has 1 fully saturated rings. The molecule has 1 aliphatic heterocycles.